The van der Waals surface area contributed by atoms with E-state index in [9.17, 15) is 17.6 Å². The molecule has 3 aromatic carbocycles. The number of nitrogens with one attached hydrogen (secondary N) is 1. The number of hydrogen-bond acceptors (Lipinski definition) is 5. The summed E-state index contributed by atoms with van der Waals surface area (Å²) in [5.41, 5.74) is 7.22. The number of carbonyl (C=O) groups excluding carboxylic acids is 1. The first kappa shape index (κ1) is 28.8. The number of amides is 1. The van der Waals surface area contributed by atoms with Gasteiger partial charge in [0.2, 0.25) is 10.0 Å². The van der Waals surface area contributed by atoms with Crippen LogP contribution in [0.25, 0.3) is 55.8 Å². The third-order valence-electron chi connectivity index (χ3n) is 8.63. The van der Waals surface area contributed by atoms with E-state index >= 15 is 0 Å². The number of carbonyl (C=O) groups is 1. The van der Waals surface area contributed by atoms with Gasteiger partial charge in [-0.3, -0.25) is 9.10 Å². The van der Waals surface area contributed by atoms with Crippen molar-refractivity contribution in [1.29, 1.82) is 0 Å². The van der Waals surface area contributed by atoms with Crippen LogP contribution in [0.15, 0.2) is 77.2 Å². The van der Waals surface area contributed by atoms with Crippen molar-refractivity contribution in [3.05, 3.63) is 95.3 Å². The molecule has 228 valence electrons. The summed E-state index contributed by atoms with van der Waals surface area (Å²) < 4.78 is 50.2. The third-order valence-corrected chi connectivity index (χ3v) is 9.82. The van der Waals surface area contributed by atoms with Crippen LogP contribution in [0.5, 0.6) is 0 Å². The van der Waals surface area contributed by atoms with Crippen LogP contribution in [0.1, 0.15) is 27.9 Å². The van der Waals surface area contributed by atoms with Crippen molar-refractivity contribution in [3.8, 4) is 34.0 Å². The van der Waals surface area contributed by atoms with Crippen LogP contribution >= 0.6 is 0 Å². The molecule has 0 unspecified atom stereocenters. The van der Waals surface area contributed by atoms with Crippen molar-refractivity contribution >= 4 is 43.5 Å². The smallest absolute Gasteiger partial charge is 0.255 e. The fourth-order valence-electron chi connectivity index (χ4n) is 6.21. The second-order valence-corrected chi connectivity index (χ2v) is 13.5. The molecule has 0 atom stereocenters. The van der Waals surface area contributed by atoms with Crippen LogP contribution in [-0.2, 0) is 23.0 Å². The molecule has 3 aromatic heterocycles. The zero-order valence-corrected chi connectivity index (χ0v) is 26.1. The molecular weight excluding hydrogens is 591 g/mol. The van der Waals surface area contributed by atoms with Crippen LogP contribution < -0.4 is 9.62 Å². The van der Waals surface area contributed by atoms with Gasteiger partial charge in [-0.05, 0) is 55.7 Å². The minimum Gasteiger partial charge on any atom is -0.455 e. The number of aromatic nitrogens is 2. The Morgan fingerprint density at radius 1 is 1.04 bits per heavy atom. The van der Waals surface area contributed by atoms with E-state index in [4.69, 9.17) is 9.40 Å². The van der Waals surface area contributed by atoms with Gasteiger partial charge in [0.25, 0.3) is 5.91 Å². The van der Waals surface area contributed by atoms with Gasteiger partial charge in [0, 0.05) is 48.6 Å². The lowest BCUT2D eigenvalue weighted by Gasteiger charge is -2.21. The Morgan fingerprint density at radius 2 is 1.82 bits per heavy atom. The molecule has 0 saturated carbocycles. The summed E-state index contributed by atoms with van der Waals surface area (Å²) >= 11 is 0. The number of halogens is 1. The van der Waals surface area contributed by atoms with Crippen molar-refractivity contribution in [2.75, 3.05) is 24.7 Å². The summed E-state index contributed by atoms with van der Waals surface area (Å²) in [5, 5.41) is 3.78. The average Bonchev–Trinajstić information content (AvgIpc) is 3.53. The highest BCUT2D eigenvalue weighted by atomic mass is 32.2. The highest BCUT2D eigenvalue weighted by Crippen LogP contribution is 2.42. The summed E-state index contributed by atoms with van der Waals surface area (Å²) in [7, 11) is -0.653. The topological polar surface area (TPSA) is 97.4 Å². The van der Waals surface area contributed by atoms with Crippen molar-refractivity contribution in [2.24, 2.45) is 0 Å². The van der Waals surface area contributed by atoms with Crippen molar-refractivity contribution in [2.45, 2.75) is 26.3 Å². The van der Waals surface area contributed by atoms with Crippen LogP contribution in [0.3, 0.4) is 0 Å². The number of sulfonamides is 1. The Labute approximate surface area is 260 Å². The van der Waals surface area contributed by atoms with E-state index < -0.39 is 10.0 Å². The Bertz CT molecular complexity index is 2270. The molecule has 0 spiro atoms. The number of anilines is 1. The number of aryl methyl sites for hydroxylation is 3. The molecule has 10 heteroatoms. The van der Waals surface area contributed by atoms with E-state index in [1.54, 1.807) is 25.2 Å². The predicted molar refractivity (Wildman–Crippen MR) is 175 cm³/mol. The molecule has 0 radical (unpaired) electrons. The third kappa shape index (κ3) is 4.76. The molecule has 6 aromatic rings. The molecule has 45 heavy (non-hydrogen) atoms. The summed E-state index contributed by atoms with van der Waals surface area (Å²) in [5.74, 6) is -0.240. The van der Waals surface area contributed by atoms with Crippen molar-refractivity contribution in [1.82, 2.24) is 14.9 Å². The van der Waals surface area contributed by atoms with E-state index in [0.29, 0.717) is 56.9 Å². The lowest BCUT2D eigenvalue weighted by Crippen LogP contribution is -2.25. The average molecular weight is 623 g/mol. The molecule has 1 amide bonds. The van der Waals surface area contributed by atoms with E-state index in [-0.39, 0.29) is 11.7 Å². The largest absolute Gasteiger partial charge is 0.455 e. The van der Waals surface area contributed by atoms with E-state index in [0.717, 1.165) is 47.0 Å². The van der Waals surface area contributed by atoms with Crippen molar-refractivity contribution < 1.29 is 22.0 Å². The monoisotopic (exact) mass is 622 g/mol. The zero-order chi connectivity index (χ0) is 31.6. The Kier molecular flexibility index (Phi) is 6.77. The van der Waals surface area contributed by atoms with Crippen LogP contribution in [0.2, 0.25) is 0 Å². The molecule has 7 rings (SSSR count). The normalized spacial score (nSPS) is 13.0. The fraction of sp³-hybridized carbons (Fsp3) is 0.200. The van der Waals surface area contributed by atoms with Gasteiger partial charge < -0.3 is 14.3 Å². The molecule has 1 aliphatic rings. The second-order valence-electron chi connectivity index (χ2n) is 11.5. The van der Waals surface area contributed by atoms with Crippen LogP contribution in [0.4, 0.5) is 10.1 Å². The molecule has 0 fully saturated rings. The standard InChI is InChI=1S/C35H31FN4O4S/c1-20-10-12-22(13-11-20)34-32(35(41)37-2)25-17-24(29(19-31(25)44-34)39(3)45(4,42)43)27-15-14-21-7-6-16-40-28-9-5-8-26(36)23(28)18-30(40)33(21)38-27/h5,8-15,17-19H,6-7,16H2,1-4H3,(H,37,41). The number of fused-ring (bicyclic) bond motifs is 6. The van der Waals surface area contributed by atoms with Gasteiger partial charge in [0.1, 0.15) is 17.2 Å². The van der Waals surface area contributed by atoms with Crippen LogP contribution in [0, 0.1) is 12.7 Å². The minimum absolute atomic E-state index is 0.292. The maximum atomic E-state index is 14.8. The molecule has 1 aliphatic heterocycles. The van der Waals surface area contributed by atoms with Crippen molar-refractivity contribution in [3.63, 3.8) is 0 Å². The summed E-state index contributed by atoms with van der Waals surface area (Å²) in [6.07, 6.45) is 2.79. The minimum atomic E-state index is -3.69. The highest BCUT2D eigenvalue weighted by molar-refractivity contribution is 7.92. The number of hydrogen-bond donors (Lipinski definition) is 1. The van der Waals surface area contributed by atoms with Gasteiger partial charge in [-0.2, -0.15) is 0 Å². The van der Waals surface area contributed by atoms with Gasteiger partial charge in [0.15, 0.2) is 0 Å². The predicted octanol–water partition coefficient (Wildman–Crippen LogP) is 6.93. The van der Waals surface area contributed by atoms with Gasteiger partial charge >= 0.3 is 0 Å². The second kappa shape index (κ2) is 10.6. The number of furan rings is 1. The highest BCUT2D eigenvalue weighted by Gasteiger charge is 2.27. The van der Waals surface area contributed by atoms with Crippen LogP contribution in [-0.4, -0.2) is 44.2 Å². The summed E-state index contributed by atoms with van der Waals surface area (Å²) in [6.45, 7) is 2.69. The molecule has 4 heterocycles. The zero-order valence-electron chi connectivity index (χ0n) is 25.3. The first-order chi connectivity index (χ1) is 21.5. The molecule has 0 bridgehead atoms. The van der Waals surface area contributed by atoms with Gasteiger partial charge in [-0.25, -0.2) is 17.8 Å². The quantitative estimate of drug-likeness (QED) is 0.225. The lowest BCUT2D eigenvalue weighted by molar-refractivity contribution is 0.0964. The number of pyridine rings is 1. The first-order valence-corrected chi connectivity index (χ1v) is 16.5. The lowest BCUT2D eigenvalue weighted by atomic mass is 9.99. The molecule has 0 saturated heterocycles. The van der Waals surface area contributed by atoms with E-state index in [1.807, 2.05) is 55.5 Å². The van der Waals surface area contributed by atoms with E-state index in [1.165, 1.54) is 17.4 Å². The van der Waals surface area contributed by atoms with E-state index in [2.05, 4.69) is 9.88 Å². The maximum absolute atomic E-state index is 14.8. The molecule has 1 N–H and O–H groups in total. The Balaban J connectivity index is 1.51. The Hall–Kier alpha value is -4.96. The summed E-state index contributed by atoms with van der Waals surface area (Å²) in [4.78, 5) is 18.4. The summed E-state index contributed by atoms with van der Waals surface area (Å²) in [6, 6.07) is 21.9. The number of benzene rings is 3. The van der Waals surface area contributed by atoms with Gasteiger partial charge in [-0.1, -0.05) is 42.0 Å². The molecule has 0 aliphatic carbocycles. The van der Waals surface area contributed by atoms with Gasteiger partial charge in [-0.15, -0.1) is 0 Å². The molecule has 8 nitrogen and oxygen atoms in total. The SMILES string of the molecule is CNC(=O)c1c(-c2ccc(C)cc2)oc2cc(N(C)S(C)(=O)=O)c(-c3ccc4c(n3)-c3cc5c(F)cccc5n3CCC4)cc12. The molecular formula is C35H31FN4O4S. The first-order valence-electron chi connectivity index (χ1n) is 14.7. The number of rotatable bonds is 5. The van der Waals surface area contributed by atoms with Gasteiger partial charge in [0.05, 0.1) is 40.1 Å². The maximum Gasteiger partial charge on any atom is 0.255 e. The Morgan fingerprint density at radius 3 is 2.56 bits per heavy atom. The fourth-order valence-corrected chi connectivity index (χ4v) is 6.72. The number of nitrogens with zero attached hydrogens (tertiary/aromatic N) is 3.